The van der Waals surface area contributed by atoms with Crippen LogP contribution in [0.3, 0.4) is 0 Å². The van der Waals surface area contributed by atoms with E-state index in [2.05, 4.69) is 0 Å². The van der Waals surface area contributed by atoms with E-state index in [1.54, 1.807) is 30.3 Å². The molecule has 2 aromatic rings. The number of hydrogen-bond donors (Lipinski definition) is 0. The van der Waals surface area contributed by atoms with E-state index < -0.39 is 0 Å². The minimum Gasteiger partial charge on any atom is -0.289 e. The summed E-state index contributed by atoms with van der Waals surface area (Å²) in [5, 5.41) is 4.80. The molecule has 2 rings (SSSR count). The molecule has 0 bridgehead atoms. The van der Waals surface area contributed by atoms with Crippen LogP contribution in [0.4, 0.5) is 0 Å². The molecule has 4 heteroatoms. The number of carbonyl (C=O) groups is 1. The fourth-order valence-electron chi connectivity index (χ4n) is 1.30. The number of thiophene rings is 1. The number of halogens is 2. The van der Waals surface area contributed by atoms with E-state index in [0.717, 1.165) is 5.56 Å². The first-order valence-corrected chi connectivity index (χ1v) is 6.56. The lowest BCUT2D eigenvalue weighted by Crippen LogP contribution is -1.90. The minimum absolute atomic E-state index is 0.0303. The van der Waals surface area contributed by atoms with Crippen LogP contribution in [0.2, 0.25) is 10.0 Å². The van der Waals surface area contributed by atoms with E-state index in [1.165, 1.54) is 17.4 Å². The van der Waals surface area contributed by atoms with Crippen molar-refractivity contribution in [3.8, 4) is 0 Å². The summed E-state index contributed by atoms with van der Waals surface area (Å²) in [4.78, 5) is 11.7. The van der Waals surface area contributed by atoms with Gasteiger partial charge in [-0.25, -0.2) is 0 Å². The van der Waals surface area contributed by atoms with Crippen LogP contribution in [-0.4, -0.2) is 5.78 Å². The van der Waals surface area contributed by atoms with Gasteiger partial charge in [-0.3, -0.25) is 4.79 Å². The summed E-state index contributed by atoms with van der Waals surface area (Å²) in [5.74, 6) is -0.0303. The van der Waals surface area contributed by atoms with Gasteiger partial charge >= 0.3 is 0 Å². The zero-order valence-electron chi connectivity index (χ0n) is 8.69. The second-order valence-electron chi connectivity index (χ2n) is 3.38. The molecule has 0 amide bonds. The molecule has 17 heavy (non-hydrogen) atoms. The number of benzene rings is 1. The molecule has 0 spiro atoms. The van der Waals surface area contributed by atoms with Crippen molar-refractivity contribution in [2.75, 3.05) is 0 Å². The molecule has 1 aromatic heterocycles. The third-order valence-corrected chi connectivity index (χ3v) is 3.43. The van der Waals surface area contributed by atoms with Gasteiger partial charge in [0.2, 0.25) is 0 Å². The van der Waals surface area contributed by atoms with Gasteiger partial charge in [-0.1, -0.05) is 29.3 Å². The monoisotopic (exact) mass is 282 g/mol. The van der Waals surface area contributed by atoms with Crippen LogP contribution >= 0.6 is 34.5 Å². The van der Waals surface area contributed by atoms with Crippen molar-refractivity contribution >= 4 is 46.4 Å². The average Bonchev–Trinajstić information content (AvgIpc) is 2.81. The molecule has 0 aliphatic heterocycles. The Hall–Kier alpha value is -1.09. The lowest BCUT2D eigenvalue weighted by Gasteiger charge is -1.98. The highest BCUT2D eigenvalue weighted by atomic mass is 35.5. The van der Waals surface area contributed by atoms with Gasteiger partial charge in [0.15, 0.2) is 5.78 Å². The number of rotatable bonds is 3. The molecule has 0 aliphatic carbocycles. The Balaban J connectivity index is 2.18. The number of ketones is 1. The molecular formula is C13H8Cl2OS. The Kier molecular flexibility index (Phi) is 4.00. The third-order valence-electron chi connectivity index (χ3n) is 2.18. The lowest BCUT2D eigenvalue weighted by molar-refractivity contribution is 0.104. The van der Waals surface area contributed by atoms with E-state index in [4.69, 9.17) is 23.2 Å². The van der Waals surface area contributed by atoms with Crippen LogP contribution in [-0.2, 0) is 0 Å². The predicted octanol–water partition coefficient (Wildman–Crippen LogP) is 4.95. The summed E-state index contributed by atoms with van der Waals surface area (Å²) in [6, 6.07) is 6.96. The third kappa shape index (κ3) is 3.19. The molecule has 0 fully saturated rings. The first-order valence-electron chi connectivity index (χ1n) is 4.86. The SMILES string of the molecule is O=C(/C=C\c1ccc(Cl)cc1Cl)c1ccsc1. The maximum atomic E-state index is 11.7. The fourth-order valence-corrected chi connectivity index (χ4v) is 2.42. The Morgan fingerprint density at radius 3 is 2.71 bits per heavy atom. The highest BCUT2D eigenvalue weighted by molar-refractivity contribution is 7.08. The fraction of sp³-hybridized carbons (Fsp3) is 0. The highest BCUT2D eigenvalue weighted by Gasteiger charge is 2.02. The van der Waals surface area contributed by atoms with Crippen LogP contribution < -0.4 is 0 Å². The molecule has 0 saturated carbocycles. The Morgan fingerprint density at radius 2 is 2.06 bits per heavy atom. The summed E-state index contributed by atoms with van der Waals surface area (Å²) >= 11 is 13.3. The Labute approximate surface area is 113 Å². The normalized spacial score (nSPS) is 10.9. The zero-order chi connectivity index (χ0) is 12.3. The van der Waals surface area contributed by atoms with Crippen molar-refractivity contribution in [3.63, 3.8) is 0 Å². The van der Waals surface area contributed by atoms with E-state index >= 15 is 0 Å². The van der Waals surface area contributed by atoms with Gasteiger partial charge in [0, 0.05) is 21.0 Å². The molecule has 1 heterocycles. The molecular weight excluding hydrogens is 275 g/mol. The molecule has 0 radical (unpaired) electrons. The van der Waals surface area contributed by atoms with Crippen molar-refractivity contribution in [3.05, 3.63) is 62.3 Å². The molecule has 0 saturated heterocycles. The van der Waals surface area contributed by atoms with Gasteiger partial charge in [0.05, 0.1) is 0 Å². The molecule has 0 aliphatic rings. The Bertz CT molecular complexity index is 559. The summed E-state index contributed by atoms with van der Waals surface area (Å²) in [6.07, 6.45) is 3.20. The molecule has 0 unspecified atom stereocenters. The van der Waals surface area contributed by atoms with Crippen molar-refractivity contribution in [2.24, 2.45) is 0 Å². The van der Waals surface area contributed by atoms with Gasteiger partial charge < -0.3 is 0 Å². The van der Waals surface area contributed by atoms with Crippen LogP contribution in [0.1, 0.15) is 15.9 Å². The van der Waals surface area contributed by atoms with Crippen molar-refractivity contribution < 1.29 is 4.79 Å². The van der Waals surface area contributed by atoms with Crippen molar-refractivity contribution in [1.29, 1.82) is 0 Å². The molecule has 1 nitrogen and oxygen atoms in total. The molecule has 0 atom stereocenters. The molecule has 0 N–H and O–H groups in total. The van der Waals surface area contributed by atoms with Crippen LogP contribution in [0.15, 0.2) is 41.1 Å². The highest BCUT2D eigenvalue weighted by Crippen LogP contribution is 2.22. The van der Waals surface area contributed by atoms with Crippen molar-refractivity contribution in [1.82, 2.24) is 0 Å². The second kappa shape index (κ2) is 5.50. The maximum absolute atomic E-state index is 11.7. The average molecular weight is 283 g/mol. The standard InChI is InChI=1S/C13H8Cl2OS/c14-11-3-1-9(12(15)7-11)2-4-13(16)10-5-6-17-8-10/h1-8H/b4-2-. The molecule has 1 aromatic carbocycles. The van der Waals surface area contributed by atoms with Gasteiger partial charge in [-0.05, 0) is 41.3 Å². The van der Waals surface area contributed by atoms with E-state index in [1.807, 2.05) is 10.8 Å². The van der Waals surface area contributed by atoms with E-state index in [9.17, 15) is 4.79 Å². The van der Waals surface area contributed by atoms with Gasteiger partial charge in [-0.15, -0.1) is 0 Å². The zero-order valence-corrected chi connectivity index (χ0v) is 11.0. The largest absolute Gasteiger partial charge is 0.289 e. The predicted molar refractivity (Wildman–Crippen MR) is 74.1 cm³/mol. The van der Waals surface area contributed by atoms with Crippen LogP contribution in [0.5, 0.6) is 0 Å². The molecule has 86 valence electrons. The minimum atomic E-state index is -0.0303. The first kappa shape index (κ1) is 12.4. The van der Waals surface area contributed by atoms with Gasteiger partial charge in [-0.2, -0.15) is 11.3 Å². The topological polar surface area (TPSA) is 17.1 Å². The maximum Gasteiger partial charge on any atom is 0.186 e. The van der Waals surface area contributed by atoms with E-state index in [0.29, 0.717) is 15.6 Å². The van der Waals surface area contributed by atoms with Crippen LogP contribution in [0.25, 0.3) is 6.08 Å². The summed E-state index contributed by atoms with van der Waals surface area (Å²) in [6.45, 7) is 0. The number of carbonyl (C=O) groups excluding carboxylic acids is 1. The summed E-state index contributed by atoms with van der Waals surface area (Å²) in [5.41, 5.74) is 1.47. The summed E-state index contributed by atoms with van der Waals surface area (Å²) in [7, 11) is 0. The lowest BCUT2D eigenvalue weighted by atomic mass is 10.1. The first-order chi connectivity index (χ1) is 8.16. The van der Waals surface area contributed by atoms with Crippen LogP contribution in [0, 0.1) is 0 Å². The number of allylic oxidation sites excluding steroid dienone is 1. The summed E-state index contributed by atoms with van der Waals surface area (Å²) < 4.78 is 0. The van der Waals surface area contributed by atoms with Gasteiger partial charge in [0.1, 0.15) is 0 Å². The van der Waals surface area contributed by atoms with E-state index in [-0.39, 0.29) is 5.78 Å². The quantitative estimate of drug-likeness (QED) is 0.575. The number of hydrogen-bond acceptors (Lipinski definition) is 2. The van der Waals surface area contributed by atoms with Gasteiger partial charge in [0.25, 0.3) is 0 Å². The smallest absolute Gasteiger partial charge is 0.186 e. The Morgan fingerprint density at radius 1 is 1.24 bits per heavy atom. The second-order valence-corrected chi connectivity index (χ2v) is 5.00. The van der Waals surface area contributed by atoms with Crippen molar-refractivity contribution in [2.45, 2.75) is 0 Å².